The number of carbonyl (C=O) groups excluding carboxylic acids is 1. The van der Waals surface area contributed by atoms with Crippen LogP contribution in [0.1, 0.15) is 51.9 Å². The second kappa shape index (κ2) is 5.85. The van der Waals surface area contributed by atoms with Crippen LogP contribution in [0.3, 0.4) is 0 Å². The monoisotopic (exact) mass is 313 g/mol. The first-order valence-electron chi connectivity index (χ1n) is 9.21. The predicted octanol–water partition coefficient (Wildman–Crippen LogP) is 4.63. The lowest BCUT2D eigenvalue weighted by molar-refractivity contribution is -0.130. The van der Waals surface area contributed by atoms with E-state index in [1.165, 1.54) is 25.7 Å². The Hall–Kier alpha value is -1.51. The minimum atomic E-state index is -0.0998. The molecule has 0 aliphatic heterocycles. The van der Waals surface area contributed by atoms with E-state index in [0.29, 0.717) is 6.61 Å². The van der Waals surface area contributed by atoms with Crippen molar-refractivity contribution in [2.75, 3.05) is 11.9 Å². The van der Waals surface area contributed by atoms with Gasteiger partial charge in [0.2, 0.25) is 5.91 Å². The van der Waals surface area contributed by atoms with E-state index in [2.05, 4.69) is 5.32 Å². The van der Waals surface area contributed by atoms with Crippen LogP contribution in [0, 0.1) is 23.2 Å². The lowest BCUT2D eigenvalue weighted by Crippen LogP contribution is -2.42. The molecule has 4 bridgehead atoms. The summed E-state index contributed by atoms with van der Waals surface area (Å²) < 4.78 is 5.47. The van der Waals surface area contributed by atoms with Gasteiger partial charge in [0, 0.05) is 5.69 Å². The van der Waals surface area contributed by atoms with Gasteiger partial charge in [0.05, 0.1) is 12.0 Å². The van der Waals surface area contributed by atoms with Gasteiger partial charge in [-0.3, -0.25) is 4.79 Å². The first-order valence-corrected chi connectivity index (χ1v) is 9.21. The maximum atomic E-state index is 13.1. The van der Waals surface area contributed by atoms with Crippen molar-refractivity contribution in [3.63, 3.8) is 0 Å². The summed E-state index contributed by atoms with van der Waals surface area (Å²) in [6.07, 6.45) is 8.68. The summed E-state index contributed by atoms with van der Waals surface area (Å²) in [5, 5.41) is 3.20. The fourth-order valence-electron chi connectivity index (χ4n) is 5.51. The number of amides is 1. The Labute approximate surface area is 138 Å². The minimum absolute atomic E-state index is 0.0998. The van der Waals surface area contributed by atoms with Crippen molar-refractivity contribution in [1.29, 1.82) is 0 Å². The van der Waals surface area contributed by atoms with Gasteiger partial charge in [0.25, 0.3) is 0 Å². The van der Waals surface area contributed by atoms with Crippen molar-refractivity contribution in [3.05, 3.63) is 24.3 Å². The minimum Gasteiger partial charge on any atom is -0.494 e. The molecule has 0 radical (unpaired) electrons. The quantitative estimate of drug-likeness (QED) is 0.880. The highest BCUT2D eigenvalue weighted by atomic mass is 16.5. The van der Waals surface area contributed by atoms with Crippen LogP contribution in [0.25, 0.3) is 0 Å². The normalized spacial score (nSPS) is 34.9. The van der Waals surface area contributed by atoms with E-state index in [1.54, 1.807) is 0 Å². The second-order valence-corrected chi connectivity index (χ2v) is 7.94. The molecule has 1 amide bonds. The summed E-state index contributed by atoms with van der Waals surface area (Å²) in [6.45, 7) is 2.64. The number of hydrogen-bond donors (Lipinski definition) is 1. The van der Waals surface area contributed by atoms with E-state index in [1.807, 2.05) is 31.2 Å². The van der Waals surface area contributed by atoms with Gasteiger partial charge in [-0.15, -0.1) is 0 Å². The molecule has 3 nitrogen and oxygen atoms in total. The molecule has 4 fully saturated rings. The Morgan fingerprint density at radius 2 is 1.78 bits per heavy atom. The van der Waals surface area contributed by atoms with Crippen LogP contribution in [0.15, 0.2) is 24.3 Å². The zero-order chi connectivity index (χ0) is 15.9. The third kappa shape index (κ3) is 2.86. The molecule has 5 rings (SSSR count). The third-order valence-electron chi connectivity index (χ3n) is 6.29. The van der Waals surface area contributed by atoms with Crippen LogP contribution >= 0.6 is 0 Å². The summed E-state index contributed by atoms with van der Waals surface area (Å²) >= 11 is 0. The standard InChI is InChI=1S/C20H27NO2/c1-2-23-18-5-3-17(4-6-18)21-19(22)20-8-7-14-9-15(12-20)11-16(10-14)13-20/h3-6,14-16H,2,7-13H2,1H3,(H,21,22)/t14?,15-,16-,20?/m0/s1. The molecule has 124 valence electrons. The summed E-state index contributed by atoms with van der Waals surface area (Å²) in [5.74, 6) is 3.60. The number of nitrogens with one attached hydrogen (secondary N) is 1. The molecular formula is C20H27NO2. The first-order chi connectivity index (χ1) is 11.2. The number of benzene rings is 1. The smallest absolute Gasteiger partial charge is 0.230 e. The van der Waals surface area contributed by atoms with E-state index >= 15 is 0 Å². The number of rotatable bonds is 4. The van der Waals surface area contributed by atoms with Crippen molar-refractivity contribution in [2.45, 2.75) is 51.9 Å². The molecule has 0 spiro atoms. The summed E-state index contributed by atoms with van der Waals surface area (Å²) in [7, 11) is 0. The van der Waals surface area contributed by atoms with E-state index in [0.717, 1.165) is 48.5 Å². The largest absolute Gasteiger partial charge is 0.494 e. The highest BCUT2D eigenvalue weighted by Gasteiger charge is 2.51. The van der Waals surface area contributed by atoms with E-state index in [-0.39, 0.29) is 11.3 Å². The molecule has 23 heavy (non-hydrogen) atoms. The molecule has 0 aromatic heterocycles. The van der Waals surface area contributed by atoms with Gasteiger partial charge in [-0.2, -0.15) is 0 Å². The molecule has 0 heterocycles. The molecule has 1 aromatic carbocycles. The van der Waals surface area contributed by atoms with Crippen LogP contribution in [0.2, 0.25) is 0 Å². The summed E-state index contributed by atoms with van der Waals surface area (Å²) in [4.78, 5) is 13.1. The zero-order valence-corrected chi connectivity index (χ0v) is 14.0. The van der Waals surface area contributed by atoms with Crippen molar-refractivity contribution in [2.24, 2.45) is 23.2 Å². The highest BCUT2D eigenvalue weighted by molar-refractivity contribution is 5.95. The molecule has 2 atom stereocenters. The summed E-state index contributed by atoms with van der Waals surface area (Å²) in [5.41, 5.74) is 0.795. The lowest BCUT2D eigenvalue weighted by Gasteiger charge is -2.44. The van der Waals surface area contributed by atoms with Gasteiger partial charge < -0.3 is 10.1 Å². The average Bonchev–Trinajstić information content (AvgIpc) is 2.74. The molecule has 0 unspecified atom stereocenters. The number of hydrogen-bond acceptors (Lipinski definition) is 2. The molecule has 3 heteroatoms. The molecule has 1 aromatic rings. The van der Waals surface area contributed by atoms with Crippen LogP contribution in [-0.2, 0) is 4.79 Å². The van der Waals surface area contributed by atoms with E-state index < -0.39 is 0 Å². The lowest BCUT2D eigenvalue weighted by atomic mass is 9.61. The number of ether oxygens (including phenoxy) is 1. The average molecular weight is 313 g/mol. The van der Waals surface area contributed by atoms with Gasteiger partial charge in [-0.25, -0.2) is 0 Å². The van der Waals surface area contributed by atoms with Gasteiger partial charge >= 0.3 is 0 Å². The van der Waals surface area contributed by atoms with Crippen LogP contribution in [-0.4, -0.2) is 12.5 Å². The SMILES string of the molecule is CCOc1ccc(NC(=O)C23CCC4C[C@@H](C[C@H](C4)C2)C3)cc1. The fraction of sp³-hybridized carbons (Fsp3) is 0.650. The Kier molecular flexibility index (Phi) is 3.82. The molecule has 4 saturated carbocycles. The highest BCUT2D eigenvalue weighted by Crippen LogP contribution is 2.57. The predicted molar refractivity (Wildman–Crippen MR) is 91.5 cm³/mol. The Morgan fingerprint density at radius 1 is 1.13 bits per heavy atom. The Morgan fingerprint density at radius 3 is 2.43 bits per heavy atom. The third-order valence-corrected chi connectivity index (χ3v) is 6.29. The van der Waals surface area contributed by atoms with Crippen molar-refractivity contribution in [1.82, 2.24) is 0 Å². The number of anilines is 1. The number of fused-ring (bicyclic) bond motifs is 1. The Bertz CT molecular complexity index is 566. The zero-order valence-electron chi connectivity index (χ0n) is 14.0. The van der Waals surface area contributed by atoms with Gasteiger partial charge in [0.1, 0.15) is 5.75 Å². The van der Waals surface area contributed by atoms with Crippen LogP contribution in [0.4, 0.5) is 5.69 Å². The fourth-order valence-corrected chi connectivity index (χ4v) is 5.51. The van der Waals surface area contributed by atoms with Gasteiger partial charge in [-0.1, -0.05) is 0 Å². The van der Waals surface area contributed by atoms with Crippen LogP contribution < -0.4 is 10.1 Å². The van der Waals surface area contributed by atoms with E-state index in [4.69, 9.17) is 4.74 Å². The molecule has 4 aliphatic carbocycles. The maximum Gasteiger partial charge on any atom is 0.230 e. The molecular weight excluding hydrogens is 286 g/mol. The maximum absolute atomic E-state index is 13.1. The number of carbonyl (C=O) groups is 1. The van der Waals surface area contributed by atoms with Gasteiger partial charge in [-0.05, 0) is 93.9 Å². The van der Waals surface area contributed by atoms with Crippen molar-refractivity contribution in [3.8, 4) is 5.75 Å². The second-order valence-electron chi connectivity index (χ2n) is 7.94. The Balaban J connectivity index is 1.49. The first kappa shape index (κ1) is 15.0. The van der Waals surface area contributed by atoms with Crippen LogP contribution in [0.5, 0.6) is 5.75 Å². The van der Waals surface area contributed by atoms with Crippen molar-refractivity contribution >= 4 is 11.6 Å². The van der Waals surface area contributed by atoms with E-state index in [9.17, 15) is 4.79 Å². The molecule has 1 N–H and O–H groups in total. The molecule has 0 saturated heterocycles. The van der Waals surface area contributed by atoms with Gasteiger partial charge in [0.15, 0.2) is 0 Å². The topological polar surface area (TPSA) is 38.3 Å². The summed E-state index contributed by atoms with van der Waals surface area (Å²) in [6, 6.07) is 7.78. The molecule has 4 aliphatic rings. The van der Waals surface area contributed by atoms with Crippen molar-refractivity contribution < 1.29 is 9.53 Å².